The summed E-state index contributed by atoms with van der Waals surface area (Å²) in [5.41, 5.74) is 3.40. The lowest BCUT2D eigenvalue weighted by Crippen LogP contribution is -2.27. The third-order valence-corrected chi connectivity index (χ3v) is 5.80. The second-order valence-corrected chi connectivity index (χ2v) is 7.73. The van der Waals surface area contributed by atoms with E-state index in [-0.39, 0.29) is 6.04 Å². The van der Waals surface area contributed by atoms with Gasteiger partial charge >= 0.3 is 0 Å². The Bertz CT molecular complexity index is 1040. The van der Waals surface area contributed by atoms with Gasteiger partial charge in [-0.15, -0.1) is 0 Å². The molecule has 0 saturated carbocycles. The third kappa shape index (κ3) is 4.06. The minimum absolute atomic E-state index is 0.244. The highest BCUT2D eigenvalue weighted by Gasteiger charge is 2.29. The van der Waals surface area contributed by atoms with Crippen molar-refractivity contribution in [2.45, 2.75) is 32.5 Å². The summed E-state index contributed by atoms with van der Waals surface area (Å²) < 4.78 is 13.6. The van der Waals surface area contributed by atoms with Crippen molar-refractivity contribution >= 4 is 12.2 Å². The second kappa shape index (κ2) is 8.39. The quantitative estimate of drug-likeness (QED) is 0.596. The van der Waals surface area contributed by atoms with Crippen LogP contribution in [-0.2, 0) is 6.67 Å². The van der Waals surface area contributed by atoms with E-state index in [1.54, 1.807) is 14.2 Å². The van der Waals surface area contributed by atoms with E-state index in [0.29, 0.717) is 11.4 Å². The molecule has 3 aromatic rings. The Morgan fingerprint density at radius 2 is 1.93 bits per heavy atom. The summed E-state index contributed by atoms with van der Waals surface area (Å²) in [4.78, 5) is 6.97. The lowest BCUT2D eigenvalue weighted by atomic mass is 10.0. The highest BCUT2D eigenvalue weighted by molar-refractivity contribution is 7.71. The van der Waals surface area contributed by atoms with Crippen LogP contribution < -0.4 is 9.47 Å². The molecule has 0 bridgehead atoms. The van der Waals surface area contributed by atoms with E-state index in [4.69, 9.17) is 21.7 Å². The minimum atomic E-state index is 0.244. The molecule has 1 N–H and O–H groups in total. The van der Waals surface area contributed by atoms with Crippen LogP contribution in [0, 0.1) is 11.7 Å². The first-order valence-electron chi connectivity index (χ1n) is 9.79. The number of benzene rings is 2. The zero-order chi connectivity index (χ0) is 20.4. The average molecular weight is 411 g/mol. The van der Waals surface area contributed by atoms with E-state index < -0.39 is 0 Å². The van der Waals surface area contributed by atoms with E-state index >= 15 is 0 Å². The maximum atomic E-state index is 5.62. The third-order valence-electron chi connectivity index (χ3n) is 5.49. The first kappa shape index (κ1) is 19.7. The van der Waals surface area contributed by atoms with Crippen LogP contribution in [0.4, 0.5) is 0 Å². The average Bonchev–Trinajstić information content (AvgIpc) is 3.35. The number of aryl methyl sites for hydroxylation is 1. The number of aromatic nitrogens is 3. The molecule has 2 heterocycles. The van der Waals surface area contributed by atoms with Gasteiger partial charge < -0.3 is 9.47 Å². The molecule has 1 saturated heterocycles. The fourth-order valence-corrected chi connectivity index (χ4v) is 4.12. The van der Waals surface area contributed by atoms with E-state index in [2.05, 4.69) is 52.2 Å². The highest BCUT2D eigenvalue weighted by Crippen LogP contribution is 2.39. The second-order valence-electron chi connectivity index (χ2n) is 7.37. The van der Waals surface area contributed by atoms with Gasteiger partial charge in [-0.3, -0.25) is 10.00 Å². The van der Waals surface area contributed by atoms with Gasteiger partial charge in [-0.2, -0.15) is 4.98 Å². The number of ether oxygens (including phenoxy) is 2. The molecule has 6 nitrogen and oxygen atoms in total. The molecule has 0 spiro atoms. The van der Waals surface area contributed by atoms with Crippen LogP contribution in [0.1, 0.15) is 30.0 Å². The Hall–Kier alpha value is -2.64. The molecule has 2 aromatic carbocycles. The molecule has 1 atom stereocenters. The van der Waals surface area contributed by atoms with Crippen LogP contribution in [0.25, 0.3) is 11.4 Å². The van der Waals surface area contributed by atoms with Crippen LogP contribution in [0.15, 0.2) is 42.5 Å². The number of nitrogens with one attached hydrogen (secondary N) is 1. The fraction of sp³-hybridized carbons (Fsp3) is 0.364. The van der Waals surface area contributed by atoms with Crippen molar-refractivity contribution in [3.05, 3.63) is 58.4 Å². The van der Waals surface area contributed by atoms with Crippen molar-refractivity contribution in [2.75, 3.05) is 20.8 Å². The highest BCUT2D eigenvalue weighted by atomic mass is 32.1. The summed E-state index contributed by atoms with van der Waals surface area (Å²) in [7, 11) is 3.40. The molecule has 152 valence electrons. The number of hydrogen-bond acceptors (Lipinski definition) is 5. The number of aromatic amines is 1. The number of rotatable bonds is 6. The molecule has 1 aliphatic heterocycles. The van der Waals surface area contributed by atoms with Crippen LogP contribution in [-0.4, -0.2) is 40.4 Å². The first-order valence-corrected chi connectivity index (χ1v) is 10.2. The van der Waals surface area contributed by atoms with Gasteiger partial charge in [-0.25, -0.2) is 4.68 Å². The molecular weight excluding hydrogens is 384 g/mol. The Morgan fingerprint density at radius 3 is 2.66 bits per heavy atom. The normalized spacial score (nSPS) is 16.9. The maximum Gasteiger partial charge on any atom is 0.217 e. The molecule has 1 fully saturated rings. The van der Waals surface area contributed by atoms with Gasteiger partial charge in [0.25, 0.3) is 0 Å². The molecule has 1 aromatic heterocycles. The van der Waals surface area contributed by atoms with Crippen molar-refractivity contribution in [3.63, 3.8) is 0 Å². The summed E-state index contributed by atoms with van der Waals surface area (Å²) >= 11 is 5.53. The van der Waals surface area contributed by atoms with E-state index in [9.17, 15) is 0 Å². The Morgan fingerprint density at radius 1 is 1.14 bits per heavy atom. The van der Waals surface area contributed by atoms with Crippen molar-refractivity contribution in [2.24, 2.45) is 0 Å². The van der Waals surface area contributed by atoms with Crippen molar-refractivity contribution in [1.82, 2.24) is 19.7 Å². The predicted molar refractivity (Wildman–Crippen MR) is 116 cm³/mol. The SMILES string of the molecule is COc1ccc(OC)c([C@H]2CCCN2Cn2[nH]c(-c3ccc(C)cc3)nc2=S)c1. The van der Waals surface area contributed by atoms with Crippen molar-refractivity contribution in [1.29, 1.82) is 0 Å². The lowest BCUT2D eigenvalue weighted by Gasteiger charge is -2.26. The molecule has 0 radical (unpaired) electrons. The van der Waals surface area contributed by atoms with Gasteiger partial charge in [0.2, 0.25) is 4.77 Å². The number of H-pyrrole nitrogens is 1. The minimum Gasteiger partial charge on any atom is -0.497 e. The van der Waals surface area contributed by atoms with E-state index in [1.807, 2.05) is 16.8 Å². The lowest BCUT2D eigenvalue weighted by molar-refractivity contribution is 0.187. The smallest absolute Gasteiger partial charge is 0.217 e. The molecule has 0 amide bonds. The summed E-state index contributed by atoms with van der Waals surface area (Å²) in [6.07, 6.45) is 2.19. The number of nitrogens with zero attached hydrogens (tertiary/aromatic N) is 3. The van der Waals surface area contributed by atoms with Gasteiger partial charge in [0.05, 0.1) is 20.9 Å². The van der Waals surface area contributed by atoms with Crippen LogP contribution in [0.2, 0.25) is 0 Å². The van der Waals surface area contributed by atoms with Crippen LogP contribution in [0.3, 0.4) is 0 Å². The topological polar surface area (TPSA) is 55.3 Å². The molecule has 29 heavy (non-hydrogen) atoms. The van der Waals surface area contributed by atoms with Crippen molar-refractivity contribution < 1.29 is 9.47 Å². The summed E-state index contributed by atoms with van der Waals surface area (Å²) in [5, 5.41) is 3.37. The van der Waals surface area contributed by atoms with Crippen LogP contribution in [0.5, 0.6) is 11.5 Å². The largest absolute Gasteiger partial charge is 0.497 e. The van der Waals surface area contributed by atoms with E-state index in [1.165, 1.54) is 5.56 Å². The molecular formula is C22H26N4O2S. The standard InChI is InChI=1S/C22H26N4O2S/c1-15-6-8-16(9-7-15)21-23-22(29)26(24-21)14-25-12-4-5-19(25)18-13-17(27-2)10-11-20(18)28-3/h6-11,13,19H,4-5,12,14H2,1-3H3,(H,23,24,29)/t19-/m1/s1. The number of likely N-dealkylation sites (tertiary alicyclic amines) is 1. The van der Waals surface area contributed by atoms with Crippen molar-refractivity contribution in [3.8, 4) is 22.9 Å². The Balaban J connectivity index is 1.60. The van der Waals surface area contributed by atoms with Gasteiger partial charge in [0.15, 0.2) is 5.82 Å². The summed E-state index contributed by atoms with van der Waals surface area (Å²) in [5.74, 6) is 2.52. The monoisotopic (exact) mass is 410 g/mol. The summed E-state index contributed by atoms with van der Waals surface area (Å²) in [6, 6.07) is 14.5. The summed E-state index contributed by atoms with van der Waals surface area (Å²) in [6.45, 7) is 3.72. The molecule has 7 heteroatoms. The number of methoxy groups -OCH3 is 2. The molecule has 4 rings (SSSR count). The van der Waals surface area contributed by atoms with Gasteiger partial charge in [0.1, 0.15) is 11.5 Å². The zero-order valence-electron chi connectivity index (χ0n) is 17.0. The van der Waals surface area contributed by atoms with Gasteiger partial charge in [-0.1, -0.05) is 29.8 Å². The Kier molecular flexibility index (Phi) is 5.69. The van der Waals surface area contributed by atoms with Crippen LogP contribution >= 0.6 is 12.2 Å². The fourth-order valence-electron chi connectivity index (χ4n) is 3.92. The molecule has 0 unspecified atom stereocenters. The zero-order valence-corrected chi connectivity index (χ0v) is 17.8. The maximum absolute atomic E-state index is 5.62. The molecule has 1 aliphatic rings. The number of hydrogen-bond donors (Lipinski definition) is 1. The first-order chi connectivity index (χ1) is 14.1. The van der Waals surface area contributed by atoms with Gasteiger partial charge in [0, 0.05) is 23.7 Å². The predicted octanol–water partition coefficient (Wildman–Crippen LogP) is 4.73. The Labute approximate surface area is 176 Å². The molecule has 0 aliphatic carbocycles. The van der Waals surface area contributed by atoms with E-state index in [0.717, 1.165) is 47.8 Å². The van der Waals surface area contributed by atoms with Gasteiger partial charge in [-0.05, 0) is 50.2 Å².